The number of nitrogens with one attached hydrogen (secondary N) is 1. The monoisotopic (exact) mass is 345 g/mol. The fraction of sp³-hybridized carbons (Fsp3) is 0.267. The van der Waals surface area contributed by atoms with Crippen LogP contribution < -0.4 is 5.32 Å². The normalized spacial score (nSPS) is 11.1. The molecule has 0 aliphatic rings. The standard InChI is InChI=1S/C15H16BrN5/c1-2-6-17-9-13-10-21(20-19-13)14-5-3-4-11-7-12(16)8-18-15(11)14/h3-5,7-8,10,17H,2,6,9H2,1H3. The summed E-state index contributed by atoms with van der Waals surface area (Å²) in [4.78, 5) is 4.49. The highest BCUT2D eigenvalue weighted by atomic mass is 79.9. The van der Waals surface area contributed by atoms with Gasteiger partial charge in [-0.1, -0.05) is 24.3 Å². The number of aromatic nitrogens is 4. The van der Waals surface area contributed by atoms with Crippen molar-refractivity contribution in [1.82, 2.24) is 25.3 Å². The van der Waals surface area contributed by atoms with E-state index in [1.54, 1.807) is 10.9 Å². The minimum atomic E-state index is 0.734. The van der Waals surface area contributed by atoms with Crippen LogP contribution in [0.5, 0.6) is 0 Å². The zero-order valence-electron chi connectivity index (χ0n) is 11.8. The van der Waals surface area contributed by atoms with Gasteiger partial charge in [-0.15, -0.1) is 5.10 Å². The van der Waals surface area contributed by atoms with Gasteiger partial charge in [-0.3, -0.25) is 4.98 Å². The molecule has 0 unspecified atom stereocenters. The molecule has 1 aromatic carbocycles. The summed E-state index contributed by atoms with van der Waals surface area (Å²) < 4.78 is 2.75. The Morgan fingerprint density at radius 2 is 2.24 bits per heavy atom. The van der Waals surface area contributed by atoms with Crippen LogP contribution in [0.1, 0.15) is 19.0 Å². The molecule has 3 aromatic rings. The quantitative estimate of drug-likeness (QED) is 0.722. The van der Waals surface area contributed by atoms with Crippen LogP contribution in [-0.4, -0.2) is 26.5 Å². The molecule has 0 bridgehead atoms. The summed E-state index contributed by atoms with van der Waals surface area (Å²) in [5.74, 6) is 0. The molecule has 0 fully saturated rings. The summed E-state index contributed by atoms with van der Waals surface area (Å²) in [6.07, 6.45) is 4.85. The zero-order valence-corrected chi connectivity index (χ0v) is 13.3. The Morgan fingerprint density at radius 1 is 1.33 bits per heavy atom. The van der Waals surface area contributed by atoms with Crippen LogP contribution in [0.25, 0.3) is 16.6 Å². The Morgan fingerprint density at radius 3 is 3.10 bits per heavy atom. The number of benzene rings is 1. The van der Waals surface area contributed by atoms with Crippen LogP contribution in [0.2, 0.25) is 0 Å². The highest BCUT2D eigenvalue weighted by Crippen LogP contribution is 2.22. The van der Waals surface area contributed by atoms with Gasteiger partial charge in [0, 0.05) is 22.6 Å². The molecule has 3 rings (SSSR count). The first-order chi connectivity index (χ1) is 10.3. The third-order valence-corrected chi connectivity index (χ3v) is 3.61. The van der Waals surface area contributed by atoms with Crippen molar-refractivity contribution in [1.29, 1.82) is 0 Å². The molecule has 0 radical (unpaired) electrons. The molecule has 0 aliphatic carbocycles. The van der Waals surface area contributed by atoms with Crippen LogP contribution >= 0.6 is 15.9 Å². The molecule has 5 nitrogen and oxygen atoms in total. The summed E-state index contributed by atoms with van der Waals surface area (Å²) in [6, 6.07) is 8.09. The zero-order chi connectivity index (χ0) is 14.7. The van der Waals surface area contributed by atoms with Crippen molar-refractivity contribution in [2.24, 2.45) is 0 Å². The van der Waals surface area contributed by atoms with E-state index in [4.69, 9.17) is 0 Å². The third-order valence-electron chi connectivity index (χ3n) is 3.18. The van der Waals surface area contributed by atoms with Crippen molar-refractivity contribution in [3.8, 4) is 5.69 Å². The summed E-state index contributed by atoms with van der Waals surface area (Å²) in [5.41, 5.74) is 2.78. The maximum absolute atomic E-state index is 4.49. The van der Waals surface area contributed by atoms with Gasteiger partial charge >= 0.3 is 0 Å². The van der Waals surface area contributed by atoms with Gasteiger partial charge in [0.2, 0.25) is 0 Å². The van der Waals surface area contributed by atoms with E-state index in [2.05, 4.69) is 43.5 Å². The number of nitrogens with zero attached hydrogens (tertiary/aromatic N) is 4. The van der Waals surface area contributed by atoms with Gasteiger partial charge in [0.05, 0.1) is 23.1 Å². The number of hydrogen-bond donors (Lipinski definition) is 1. The summed E-state index contributed by atoms with van der Waals surface area (Å²) in [5, 5.41) is 12.8. The first-order valence-corrected chi connectivity index (χ1v) is 7.74. The van der Waals surface area contributed by atoms with E-state index in [0.29, 0.717) is 0 Å². The lowest BCUT2D eigenvalue weighted by Gasteiger charge is -2.05. The van der Waals surface area contributed by atoms with Gasteiger partial charge in [-0.25, -0.2) is 4.68 Å². The number of fused-ring (bicyclic) bond motifs is 1. The van der Waals surface area contributed by atoms with Crippen molar-refractivity contribution in [2.45, 2.75) is 19.9 Å². The average Bonchev–Trinajstić information content (AvgIpc) is 2.95. The highest BCUT2D eigenvalue weighted by Gasteiger charge is 2.07. The Labute approximate surface area is 131 Å². The minimum Gasteiger partial charge on any atom is -0.311 e. The smallest absolute Gasteiger partial charge is 0.0969 e. The van der Waals surface area contributed by atoms with Gasteiger partial charge in [0.15, 0.2) is 0 Å². The van der Waals surface area contributed by atoms with E-state index in [9.17, 15) is 0 Å². The lowest BCUT2D eigenvalue weighted by Crippen LogP contribution is -2.13. The maximum Gasteiger partial charge on any atom is 0.0969 e. The number of halogens is 1. The lowest BCUT2D eigenvalue weighted by atomic mass is 10.2. The minimum absolute atomic E-state index is 0.734. The Bertz CT molecular complexity index is 753. The Hall–Kier alpha value is -1.79. The SMILES string of the molecule is CCCNCc1cn(-c2cccc3cc(Br)cnc23)nn1. The number of pyridine rings is 1. The summed E-state index contributed by atoms with van der Waals surface area (Å²) >= 11 is 3.45. The van der Waals surface area contributed by atoms with E-state index in [0.717, 1.165) is 46.3 Å². The molecule has 0 saturated heterocycles. The van der Waals surface area contributed by atoms with Crippen LogP contribution in [0, 0.1) is 0 Å². The number of para-hydroxylation sites is 1. The van der Waals surface area contributed by atoms with E-state index in [1.807, 2.05) is 30.5 Å². The molecule has 0 amide bonds. The predicted molar refractivity (Wildman–Crippen MR) is 86.4 cm³/mol. The average molecular weight is 346 g/mol. The fourth-order valence-electron chi connectivity index (χ4n) is 2.19. The van der Waals surface area contributed by atoms with Crippen LogP contribution in [0.3, 0.4) is 0 Å². The van der Waals surface area contributed by atoms with Crippen molar-refractivity contribution in [2.75, 3.05) is 6.54 Å². The molecular formula is C15H16BrN5. The van der Waals surface area contributed by atoms with E-state index in [-0.39, 0.29) is 0 Å². The molecule has 6 heteroatoms. The fourth-order valence-corrected chi connectivity index (χ4v) is 2.54. The molecule has 108 valence electrons. The van der Waals surface area contributed by atoms with E-state index >= 15 is 0 Å². The van der Waals surface area contributed by atoms with Crippen LogP contribution in [-0.2, 0) is 6.54 Å². The number of rotatable bonds is 5. The van der Waals surface area contributed by atoms with Crippen LogP contribution in [0.15, 0.2) is 41.1 Å². The number of hydrogen-bond acceptors (Lipinski definition) is 4. The lowest BCUT2D eigenvalue weighted by molar-refractivity contribution is 0.662. The van der Waals surface area contributed by atoms with Crippen molar-refractivity contribution < 1.29 is 0 Å². The third kappa shape index (κ3) is 3.11. The van der Waals surface area contributed by atoms with Crippen molar-refractivity contribution in [3.05, 3.63) is 46.8 Å². The molecule has 0 saturated carbocycles. The first-order valence-electron chi connectivity index (χ1n) is 6.94. The second-order valence-corrected chi connectivity index (χ2v) is 5.75. The molecular weight excluding hydrogens is 330 g/mol. The molecule has 0 aliphatic heterocycles. The molecule has 0 atom stereocenters. The first kappa shape index (κ1) is 14.2. The molecule has 0 spiro atoms. The second kappa shape index (κ2) is 6.32. The van der Waals surface area contributed by atoms with Gasteiger partial charge in [-0.05, 0) is 41.0 Å². The molecule has 1 N–H and O–H groups in total. The van der Waals surface area contributed by atoms with Gasteiger partial charge in [0.1, 0.15) is 0 Å². The van der Waals surface area contributed by atoms with Gasteiger partial charge in [-0.2, -0.15) is 0 Å². The second-order valence-electron chi connectivity index (χ2n) is 4.83. The van der Waals surface area contributed by atoms with E-state index < -0.39 is 0 Å². The predicted octanol–water partition coefficient (Wildman–Crippen LogP) is 3.08. The van der Waals surface area contributed by atoms with Crippen LogP contribution in [0.4, 0.5) is 0 Å². The summed E-state index contributed by atoms with van der Waals surface area (Å²) in [7, 11) is 0. The van der Waals surface area contributed by atoms with Crippen molar-refractivity contribution >= 4 is 26.8 Å². The summed E-state index contributed by atoms with van der Waals surface area (Å²) in [6.45, 7) is 3.86. The van der Waals surface area contributed by atoms with Gasteiger partial charge < -0.3 is 5.32 Å². The van der Waals surface area contributed by atoms with Crippen molar-refractivity contribution in [3.63, 3.8) is 0 Å². The largest absolute Gasteiger partial charge is 0.311 e. The Kier molecular flexibility index (Phi) is 4.26. The maximum atomic E-state index is 4.49. The molecule has 2 aromatic heterocycles. The van der Waals surface area contributed by atoms with Gasteiger partial charge in [0.25, 0.3) is 0 Å². The topological polar surface area (TPSA) is 55.6 Å². The molecule has 2 heterocycles. The molecule has 21 heavy (non-hydrogen) atoms. The Balaban J connectivity index is 1.93. The highest BCUT2D eigenvalue weighted by molar-refractivity contribution is 9.10. The van der Waals surface area contributed by atoms with E-state index in [1.165, 1.54) is 0 Å².